The molecule has 1 aliphatic carbocycles. The molecule has 0 radical (unpaired) electrons. The van der Waals surface area contributed by atoms with Gasteiger partial charge in [-0.3, -0.25) is 9.59 Å². The van der Waals surface area contributed by atoms with Gasteiger partial charge in [-0.25, -0.2) is 4.98 Å². The maximum Gasteiger partial charge on any atom is 0.250 e. The molecule has 0 saturated carbocycles. The van der Waals surface area contributed by atoms with Crippen molar-refractivity contribution in [2.75, 3.05) is 0 Å². The molecule has 1 amide bonds. The molecule has 3 aromatic heterocycles. The second kappa shape index (κ2) is 7.31. The number of H-pyrrole nitrogens is 1. The fourth-order valence-corrected chi connectivity index (χ4v) is 3.98. The predicted molar refractivity (Wildman–Crippen MR) is 107 cm³/mol. The number of ketones is 1. The lowest BCUT2D eigenvalue weighted by atomic mass is 9.81. The Hall–Kier alpha value is -3.41. The number of carbonyl (C=O) groups is 2. The number of fused-ring (bicyclic) bond motifs is 1. The fraction of sp³-hybridized carbons (Fsp3) is 0.227. The van der Waals surface area contributed by atoms with Gasteiger partial charge in [-0.15, -0.1) is 0 Å². The monoisotopic (exact) mass is 375 g/mol. The average Bonchev–Trinajstić information content (AvgIpc) is 3.36. The first-order chi connectivity index (χ1) is 13.6. The number of allylic oxidation sites excluding steroid dienone is 3. The van der Waals surface area contributed by atoms with Crippen LogP contribution in [0, 0.1) is 5.92 Å². The summed E-state index contributed by atoms with van der Waals surface area (Å²) in [4.78, 5) is 31.6. The van der Waals surface area contributed by atoms with Gasteiger partial charge in [-0.05, 0) is 49.0 Å². The van der Waals surface area contributed by atoms with Gasteiger partial charge in [0.1, 0.15) is 11.4 Å². The standard InChI is InChI=1S/C22H21N3O3/c1-2-15(26)10-13-5-3-6-14(9-13)19-17(21(23)27)12-25-22-20(19)16(11-24-22)18-7-4-8-28-18/h2,4,6-8,11-13H,1,3,5,9-10H2,(H2,23,27)(H,24,25). The molecule has 0 aromatic carbocycles. The van der Waals surface area contributed by atoms with Crippen LogP contribution in [0.3, 0.4) is 0 Å². The molecule has 4 rings (SSSR count). The molecule has 1 atom stereocenters. The van der Waals surface area contributed by atoms with Crippen LogP contribution in [0.4, 0.5) is 0 Å². The van der Waals surface area contributed by atoms with E-state index in [0.717, 1.165) is 34.9 Å². The molecule has 3 heterocycles. The van der Waals surface area contributed by atoms with Gasteiger partial charge in [0.15, 0.2) is 5.78 Å². The molecule has 142 valence electrons. The molecule has 0 bridgehead atoms. The summed E-state index contributed by atoms with van der Waals surface area (Å²) in [7, 11) is 0. The van der Waals surface area contributed by atoms with Crippen LogP contribution in [-0.4, -0.2) is 21.7 Å². The van der Waals surface area contributed by atoms with E-state index in [1.165, 1.54) is 12.3 Å². The van der Waals surface area contributed by atoms with E-state index in [-0.39, 0.29) is 11.7 Å². The minimum absolute atomic E-state index is 0.0409. The zero-order valence-electron chi connectivity index (χ0n) is 15.4. The Kier molecular flexibility index (Phi) is 4.69. The maximum absolute atomic E-state index is 12.2. The summed E-state index contributed by atoms with van der Waals surface area (Å²) in [6.07, 6.45) is 11.4. The van der Waals surface area contributed by atoms with Gasteiger partial charge < -0.3 is 15.1 Å². The summed E-state index contributed by atoms with van der Waals surface area (Å²) in [6.45, 7) is 3.57. The molecule has 0 spiro atoms. The lowest BCUT2D eigenvalue weighted by Gasteiger charge is -2.24. The number of aromatic amines is 1. The van der Waals surface area contributed by atoms with Crippen LogP contribution in [0.1, 0.15) is 41.6 Å². The molecule has 3 aromatic rings. The predicted octanol–water partition coefficient (Wildman–Crippen LogP) is 4.25. The Morgan fingerprint density at radius 1 is 1.43 bits per heavy atom. The third kappa shape index (κ3) is 3.17. The molecule has 6 nitrogen and oxygen atoms in total. The van der Waals surface area contributed by atoms with Crippen molar-refractivity contribution in [2.45, 2.75) is 25.7 Å². The van der Waals surface area contributed by atoms with Gasteiger partial charge in [0, 0.05) is 35.3 Å². The number of hydrogen-bond donors (Lipinski definition) is 2. The normalized spacial score (nSPS) is 16.7. The third-order valence-corrected chi connectivity index (χ3v) is 5.27. The highest BCUT2D eigenvalue weighted by Gasteiger charge is 2.26. The summed E-state index contributed by atoms with van der Waals surface area (Å²) in [6, 6.07) is 3.68. The SMILES string of the molecule is C=CC(=O)CC1CCC=C(c2c(C(N)=O)cnc3[nH]cc(-c4ccco4)c23)C1. The van der Waals surface area contributed by atoms with Gasteiger partial charge in [0.25, 0.3) is 5.91 Å². The van der Waals surface area contributed by atoms with Gasteiger partial charge in [-0.1, -0.05) is 12.7 Å². The van der Waals surface area contributed by atoms with Crippen molar-refractivity contribution in [3.8, 4) is 11.3 Å². The van der Waals surface area contributed by atoms with Crippen molar-refractivity contribution in [1.29, 1.82) is 0 Å². The zero-order chi connectivity index (χ0) is 19.7. The first-order valence-electron chi connectivity index (χ1n) is 9.27. The minimum atomic E-state index is -0.527. The van der Waals surface area contributed by atoms with E-state index in [0.29, 0.717) is 29.8 Å². The first kappa shape index (κ1) is 18.0. The number of carbonyl (C=O) groups excluding carboxylic acids is 2. The molecular weight excluding hydrogens is 354 g/mol. The van der Waals surface area contributed by atoms with E-state index in [2.05, 4.69) is 22.6 Å². The number of primary amides is 1. The van der Waals surface area contributed by atoms with Crippen LogP contribution in [0.15, 0.2) is 53.9 Å². The smallest absolute Gasteiger partial charge is 0.250 e. The van der Waals surface area contributed by atoms with Crippen molar-refractivity contribution in [3.63, 3.8) is 0 Å². The van der Waals surface area contributed by atoms with E-state index >= 15 is 0 Å². The van der Waals surface area contributed by atoms with Gasteiger partial charge in [0.2, 0.25) is 0 Å². The number of furan rings is 1. The zero-order valence-corrected chi connectivity index (χ0v) is 15.4. The van der Waals surface area contributed by atoms with E-state index in [1.54, 1.807) is 6.26 Å². The molecule has 28 heavy (non-hydrogen) atoms. The highest BCUT2D eigenvalue weighted by atomic mass is 16.3. The number of pyridine rings is 1. The highest BCUT2D eigenvalue weighted by molar-refractivity contribution is 6.09. The van der Waals surface area contributed by atoms with Crippen LogP contribution in [-0.2, 0) is 4.79 Å². The van der Waals surface area contributed by atoms with Crippen molar-refractivity contribution in [3.05, 3.63) is 60.6 Å². The Balaban J connectivity index is 1.87. The van der Waals surface area contributed by atoms with Gasteiger partial charge in [-0.2, -0.15) is 0 Å². The van der Waals surface area contributed by atoms with E-state index < -0.39 is 5.91 Å². The number of amides is 1. The van der Waals surface area contributed by atoms with Gasteiger partial charge in [0.05, 0.1) is 11.8 Å². The Bertz CT molecular complexity index is 1090. The molecular formula is C22H21N3O3. The number of aromatic nitrogens is 2. The number of rotatable bonds is 6. The lowest BCUT2D eigenvalue weighted by Crippen LogP contribution is -2.17. The molecule has 0 saturated heterocycles. The maximum atomic E-state index is 12.2. The molecule has 1 aliphatic rings. The third-order valence-electron chi connectivity index (χ3n) is 5.27. The summed E-state index contributed by atoms with van der Waals surface area (Å²) in [5.41, 5.74) is 9.34. The number of hydrogen-bond acceptors (Lipinski definition) is 4. The van der Waals surface area contributed by atoms with Crippen molar-refractivity contribution >= 4 is 28.3 Å². The second-order valence-electron chi connectivity index (χ2n) is 7.07. The summed E-state index contributed by atoms with van der Waals surface area (Å²) in [5.74, 6) is 0.409. The number of nitrogens with one attached hydrogen (secondary N) is 1. The van der Waals surface area contributed by atoms with Crippen molar-refractivity contribution < 1.29 is 14.0 Å². The van der Waals surface area contributed by atoms with Gasteiger partial charge >= 0.3 is 0 Å². The fourth-order valence-electron chi connectivity index (χ4n) is 3.98. The topological polar surface area (TPSA) is 102 Å². The molecule has 1 unspecified atom stereocenters. The first-order valence-corrected chi connectivity index (χ1v) is 9.27. The summed E-state index contributed by atoms with van der Waals surface area (Å²) >= 11 is 0. The Morgan fingerprint density at radius 2 is 2.29 bits per heavy atom. The molecule has 0 aliphatic heterocycles. The van der Waals surface area contributed by atoms with E-state index in [9.17, 15) is 9.59 Å². The quantitative estimate of drug-likeness (QED) is 0.629. The average molecular weight is 375 g/mol. The number of nitrogens with two attached hydrogens (primary N) is 1. The minimum Gasteiger partial charge on any atom is -0.464 e. The molecule has 3 N–H and O–H groups in total. The largest absolute Gasteiger partial charge is 0.464 e. The summed E-state index contributed by atoms with van der Waals surface area (Å²) in [5, 5.41) is 0.813. The van der Waals surface area contributed by atoms with Crippen LogP contribution < -0.4 is 5.73 Å². The second-order valence-corrected chi connectivity index (χ2v) is 7.07. The van der Waals surface area contributed by atoms with Crippen molar-refractivity contribution in [2.24, 2.45) is 11.7 Å². The highest BCUT2D eigenvalue weighted by Crippen LogP contribution is 2.40. The molecule has 6 heteroatoms. The van der Waals surface area contributed by atoms with Crippen LogP contribution in [0.2, 0.25) is 0 Å². The molecule has 0 fully saturated rings. The van der Waals surface area contributed by atoms with Crippen LogP contribution in [0.25, 0.3) is 27.9 Å². The number of nitrogens with zero attached hydrogens (tertiary/aromatic N) is 1. The van der Waals surface area contributed by atoms with Crippen LogP contribution in [0.5, 0.6) is 0 Å². The van der Waals surface area contributed by atoms with Crippen molar-refractivity contribution in [1.82, 2.24) is 9.97 Å². The van der Waals surface area contributed by atoms with E-state index in [4.69, 9.17) is 10.2 Å². The Labute approximate surface area is 162 Å². The lowest BCUT2D eigenvalue weighted by molar-refractivity contribution is -0.115. The van der Waals surface area contributed by atoms with Crippen LogP contribution >= 0.6 is 0 Å². The summed E-state index contributed by atoms with van der Waals surface area (Å²) < 4.78 is 5.58. The Morgan fingerprint density at radius 3 is 3.00 bits per heavy atom. The van der Waals surface area contributed by atoms with E-state index in [1.807, 2.05) is 18.3 Å².